The van der Waals surface area contributed by atoms with Crippen LogP contribution in [0.25, 0.3) is 0 Å². The average molecular weight is 196 g/mol. The summed E-state index contributed by atoms with van der Waals surface area (Å²) in [5.41, 5.74) is 0.631. The third-order valence-corrected chi connectivity index (χ3v) is 2.87. The fraction of sp³-hybridized carbons (Fsp3) is 0.750. The number of rotatable bonds is 1. The highest BCUT2D eigenvalue weighted by Gasteiger charge is 2.06. The number of carbonyl (C=O) groups excluding carboxylic acids is 1. The van der Waals surface area contributed by atoms with Gasteiger partial charge in [-0.1, -0.05) is 32.1 Å². The molecule has 0 atom stereocenters. The lowest BCUT2D eigenvalue weighted by Crippen LogP contribution is -1.94. The zero-order valence-electron chi connectivity index (χ0n) is 8.80. The highest BCUT2D eigenvalue weighted by molar-refractivity contribution is 5.73. The maximum Gasteiger partial charge on any atom is 0.149 e. The van der Waals surface area contributed by atoms with Gasteiger partial charge in [-0.25, -0.2) is 0 Å². The van der Waals surface area contributed by atoms with Gasteiger partial charge in [-0.05, 0) is 19.3 Å². The molecule has 0 heterocycles. The second-order valence-electron chi connectivity index (χ2n) is 4.06. The van der Waals surface area contributed by atoms with E-state index >= 15 is 0 Å². The zero-order chi connectivity index (χ0) is 10.2. The quantitative estimate of drug-likeness (QED) is 0.651. The van der Waals surface area contributed by atoms with Gasteiger partial charge in [0.2, 0.25) is 0 Å². The van der Waals surface area contributed by atoms with Crippen LogP contribution >= 0.6 is 0 Å². The van der Waals surface area contributed by atoms with Gasteiger partial charge in [0.05, 0.1) is 5.76 Å². The van der Waals surface area contributed by atoms with Crippen LogP contribution in [0, 0.1) is 0 Å². The van der Waals surface area contributed by atoms with E-state index in [0.29, 0.717) is 17.8 Å². The van der Waals surface area contributed by atoms with Gasteiger partial charge in [-0.2, -0.15) is 0 Å². The molecule has 1 rings (SSSR count). The van der Waals surface area contributed by atoms with E-state index in [9.17, 15) is 9.90 Å². The Morgan fingerprint density at radius 2 is 1.36 bits per heavy atom. The predicted octanol–water partition coefficient (Wildman–Crippen LogP) is 3.52. The van der Waals surface area contributed by atoms with Crippen molar-refractivity contribution in [3.05, 3.63) is 11.3 Å². The molecule has 80 valence electrons. The second kappa shape index (κ2) is 6.63. The van der Waals surface area contributed by atoms with Crippen LogP contribution in [0.1, 0.15) is 57.8 Å². The molecule has 2 heteroatoms. The summed E-state index contributed by atoms with van der Waals surface area (Å²) in [6.07, 6.45) is 10.5. The summed E-state index contributed by atoms with van der Waals surface area (Å²) in [5, 5.41) is 9.63. The Balaban J connectivity index is 2.52. The molecule has 2 nitrogen and oxygen atoms in total. The largest absolute Gasteiger partial charge is 0.512 e. The van der Waals surface area contributed by atoms with Crippen molar-refractivity contribution in [3.63, 3.8) is 0 Å². The van der Waals surface area contributed by atoms with E-state index in [1.807, 2.05) is 0 Å². The molecule has 0 amide bonds. The third kappa shape index (κ3) is 3.95. The van der Waals surface area contributed by atoms with Crippen molar-refractivity contribution in [2.75, 3.05) is 0 Å². The van der Waals surface area contributed by atoms with E-state index in [2.05, 4.69) is 0 Å². The number of hydrogen-bond donors (Lipinski definition) is 1. The molecule has 0 aromatic heterocycles. The molecule has 1 N–H and O–H groups in total. The van der Waals surface area contributed by atoms with E-state index in [-0.39, 0.29) is 0 Å². The van der Waals surface area contributed by atoms with Crippen molar-refractivity contribution >= 4 is 6.29 Å². The summed E-state index contributed by atoms with van der Waals surface area (Å²) in [6, 6.07) is 0. The minimum Gasteiger partial charge on any atom is -0.512 e. The molecule has 0 spiro atoms. The first-order chi connectivity index (χ1) is 6.84. The first kappa shape index (κ1) is 11.3. The molecular weight excluding hydrogens is 176 g/mol. The molecule has 1 aliphatic rings. The average Bonchev–Trinajstić information content (AvgIpc) is 2.24. The lowest BCUT2D eigenvalue weighted by molar-refractivity contribution is -0.105. The van der Waals surface area contributed by atoms with Crippen LogP contribution in [-0.2, 0) is 4.79 Å². The number of hydrogen-bond acceptors (Lipinski definition) is 2. The zero-order valence-corrected chi connectivity index (χ0v) is 8.80. The van der Waals surface area contributed by atoms with Gasteiger partial charge in [-0.3, -0.25) is 4.79 Å². The summed E-state index contributed by atoms with van der Waals surface area (Å²) >= 11 is 0. The van der Waals surface area contributed by atoms with E-state index in [1.165, 1.54) is 32.1 Å². The minimum absolute atomic E-state index is 0.335. The van der Waals surface area contributed by atoms with Crippen molar-refractivity contribution in [2.45, 2.75) is 57.8 Å². The Bertz CT molecular complexity index is 206. The SMILES string of the molecule is O=C/C1=C(\O)CCCCCCCCC1. The van der Waals surface area contributed by atoms with Gasteiger partial charge in [0.1, 0.15) is 6.29 Å². The van der Waals surface area contributed by atoms with Crippen LogP contribution in [0.3, 0.4) is 0 Å². The van der Waals surface area contributed by atoms with Gasteiger partial charge in [0.25, 0.3) is 0 Å². The molecule has 0 aromatic carbocycles. The molecule has 0 radical (unpaired) electrons. The molecule has 0 saturated carbocycles. The molecule has 0 fully saturated rings. The van der Waals surface area contributed by atoms with Crippen molar-refractivity contribution in [3.8, 4) is 0 Å². The maximum atomic E-state index is 10.7. The molecule has 0 saturated heterocycles. The molecular formula is C12H20O2. The first-order valence-electron chi connectivity index (χ1n) is 5.71. The monoisotopic (exact) mass is 196 g/mol. The molecule has 14 heavy (non-hydrogen) atoms. The lowest BCUT2D eigenvalue weighted by atomic mass is 10.1. The molecule has 0 bridgehead atoms. The van der Waals surface area contributed by atoms with Gasteiger partial charge >= 0.3 is 0 Å². The van der Waals surface area contributed by atoms with Crippen molar-refractivity contribution in [2.24, 2.45) is 0 Å². The third-order valence-electron chi connectivity index (χ3n) is 2.87. The lowest BCUT2D eigenvalue weighted by Gasteiger charge is -2.03. The molecule has 0 unspecified atom stereocenters. The van der Waals surface area contributed by atoms with Crippen molar-refractivity contribution < 1.29 is 9.90 Å². The van der Waals surface area contributed by atoms with Crippen molar-refractivity contribution in [1.29, 1.82) is 0 Å². The Morgan fingerprint density at radius 3 is 1.93 bits per heavy atom. The van der Waals surface area contributed by atoms with Gasteiger partial charge in [0, 0.05) is 12.0 Å². The predicted molar refractivity (Wildman–Crippen MR) is 57.3 cm³/mol. The van der Waals surface area contributed by atoms with E-state index in [1.54, 1.807) is 0 Å². The summed E-state index contributed by atoms with van der Waals surface area (Å²) < 4.78 is 0. The van der Waals surface area contributed by atoms with Crippen LogP contribution in [0.5, 0.6) is 0 Å². The molecule has 0 aromatic rings. The molecule has 1 aliphatic carbocycles. The van der Waals surface area contributed by atoms with Gasteiger partial charge < -0.3 is 5.11 Å². The van der Waals surface area contributed by atoms with Gasteiger partial charge in [-0.15, -0.1) is 0 Å². The normalized spacial score (nSPS) is 26.6. The van der Waals surface area contributed by atoms with Crippen molar-refractivity contribution in [1.82, 2.24) is 0 Å². The second-order valence-corrected chi connectivity index (χ2v) is 4.06. The number of aliphatic hydroxyl groups is 1. The number of carbonyl (C=O) groups is 1. The standard InChI is InChI=1S/C12H20O2/c13-10-11-8-6-4-2-1-3-5-7-9-12(11)14/h10,14H,1-9H2/b12-11-. The van der Waals surface area contributed by atoms with Gasteiger partial charge in [0.15, 0.2) is 0 Å². The van der Waals surface area contributed by atoms with Crippen LogP contribution in [-0.4, -0.2) is 11.4 Å². The van der Waals surface area contributed by atoms with Crippen LogP contribution in [0.2, 0.25) is 0 Å². The summed E-state index contributed by atoms with van der Waals surface area (Å²) in [5.74, 6) is 0.335. The topological polar surface area (TPSA) is 37.3 Å². The molecule has 0 aliphatic heterocycles. The van der Waals surface area contributed by atoms with E-state index in [0.717, 1.165) is 25.5 Å². The Kier molecular flexibility index (Phi) is 5.35. The van der Waals surface area contributed by atoms with E-state index in [4.69, 9.17) is 0 Å². The number of aldehydes is 1. The maximum absolute atomic E-state index is 10.7. The minimum atomic E-state index is 0.335. The number of allylic oxidation sites excluding steroid dienone is 2. The smallest absolute Gasteiger partial charge is 0.149 e. The van der Waals surface area contributed by atoms with Crippen LogP contribution < -0.4 is 0 Å². The summed E-state index contributed by atoms with van der Waals surface area (Å²) in [4.78, 5) is 10.7. The Morgan fingerprint density at radius 1 is 0.857 bits per heavy atom. The first-order valence-corrected chi connectivity index (χ1v) is 5.71. The number of aliphatic hydroxyl groups excluding tert-OH is 1. The fourth-order valence-electron chi connectivity index (χ4n) is 1.92. The van der Waals surface area contributed by atoms with E-state index < -0.39 is 0 Å². The van der Waals surface area contributed by atoms with Crippen LogP contribution in [0.4, 0.5) is 0 Å². The Hall–Kier alpha value is -0.790. The van der Waals surface area contributed by atoms with Crippen LogP contribution in [0.15, 0.2) is 11.3 Å². The highest BCUT2D eigenvalue weighted by atomic mass is 16.3. The summed E-state index contributed by atoms with van der Waals surface area (Å²) in [6.45, 7) is 0. The Labute approximate surface area is 86.0 Å². The fourth-order valence-corrected chi connectivity index (χ4v) is 1.92. The summed E-state index contributed by atoms with van der Waals surface area (Å²) in [7, 11) is 0. The highest BCUT2D eigenvalue weighted by Crippen LogP contribution is 2.19.